The number of nitrogens with zero attached hydrogens (tertiary/aromatic N) is 1. The van der Waals surface area contributed by atoms with Crippen LogP contribution in [-0.4, -0.2) is 36.6 Å². The molecule has 1 aromatic rings. The zero-order valence-corrected chi connectivity index (χ0v) is 13.8. The molecule has 2 aliphatic carbocycles. The Morgan fingerprint density at radius 1 is 1.36 bits per heavy atom. The van der Waals surface area contributed by atoms with Gasteiger partial charge in [0.25, 0.3) is 0 Å². The highest BCUT2D eigenvalue weighted by molar-refractivity contribution is 5.85. The van der Waals surface area contributed by atoms with Crippen molar-refractivity contribution in [1.82, 2.24) is 4.90 Å². The summed E-state index contributed by atoms with van der Waals surface area (Å²) in [5.41, 5.74) is 8.38. The van der Waals surface area contributed by atoms with Crippen LogP contribution in [0.5, 0.6) is 0 Å². The van der Waals surface area contributed by atoms with Crippen LogP contribution in [0.25, 0.3) is 0 Å². The van der Waals surface area contributed by atoms with Crippen LogP contribution in [0.15, 0.2) is 24.3 Å². The Kier molecular flexibility index (Phi) is 5.84. The summed E-state index contributed by atoms with van der Waals surface area (Å²) in [7, 11) is 1.62. The molecule has 0 bridgehead atoms. The first-order valence-corrected chi connectivity index (χ1v) is 7.86. The Balaban J connectivity index is 0.00000176. The number of hydrogen-bond acceptors (Lipinski definition) is 3. The van der Waals surface area contributed by atoms with E-state index in [1.807, 2.05) is 0 Å². The third-order valence-corrected chi connectivity index (χ3v) is 4.66. The van der Waals surface area contributed by atoms with E-state index in [4.69, 9.17) is 10.5 Å². The maximum absolute atomic E-state index is 12.7. The second-order valence-electron chi connectivity index (χ2n) is 6.08. The van der Waals surface area contributed by atoms with Gasteiger partial charge in [-0.25, -0.2) is 0 Å². The molecule has 0 spiro atoms. The maximum atomic E-state index is 12.7. The van der Waals surface area contributed by atoms with E-state index in [0.717, 1.165) is 25.7 Å². The number of methoxy groups -OCH3 is 1. The molecule has 2 aliphatic rings. The minimum atomic E-state index is -0.171. The lowest BCUT2D eigenvalue weighted by molar-refractivity contribution is -0.136. The fourth-order valence-corrected chi connectivity index (χ4v) is 3.37. The second kappa shape index (κ2) is 7.44. The Hall–Kier alpha value is -1.10. The average molecular weight is 325 g/mol. The first-order valence-electron chi connectivity index (χ1n) is 7.86. The van der Waals surface area contributed by atoms with Crippen molar-refractivity contribution < 1.29 is 9.53 Å². The first kappa shape index (κ1) is 17.3. The maximum Gasteiger partial charge on any atom is 0.225 e. The van der Waals surface area contributed by atoms with Gasteiger partial charge in [-0.3, -0.25) is 4.79 Å². The molecule has 1 fully saturated rings. The van der Waals surface area contributed by atoms with Crippen LogP contribution in [-0.2, 0) is 16.0 Å². The van der Waals surface area contributed by atoms with Crippen molar-refractivity contribution in [3.63, 3.8) is 0 Å². The van der Waals surface area contributed by atoms with Gasteiger partial charge in [-0.1, -0.05) is 24.3 Å². The van der Waals surface area contributed by atoms with E-state index >= 15 is 0 Å². The molecule has 5 heteroatoms. The number of amides is 1. The van der Waals surface area contributed by atoms with Crippen molar-refractivity contribution in [2.24, 2.45) is 5.73 Å². The van der Waals surface area contributed by atoms with E-state index in [9.17, 15) is 4.79 Å². The molecule has 2 atom stereocenters. The first-order chi connectivity index (χ1) is 10.2. The number of fused-ring (bicyclic) bond motifs is 1. The van der Waals surface area contributed by atoms with Gasteiger partial charge in [-0.15, -0.1) is 12.4 Å². The Bertz CT molecular complexity index is 515. The van der Waals surface area contributed by atoms with Gasteiger partial charge >= 0.3 is 0 Å². The molecule has 1 saturated carbocycles. The molecule has 3 rings (SSSR count). The normalized spacial score (nSPS) is 20.9. The van der Waals surface area contributed by atoms with Crippen molar-refractivity contribution in [3.05, 3.63) is 35.4 Å². The van der Waals surface area contributed by atoms with Gasteiger partial charge < -0.3 is 15.4 Å². The van der Waals surface area contributed by atoms with Crippen LogP contribution in [0, 0.1) is 0 Å². The lowest BCUT2D eigenvalue weighted by Gasteiger charge is -2.31. The summed E-state index contributed by atoms with van der Waals surface area (Å²) in [6.45, 7) is 0.391. The molecule has 0 saturated heterocycles. The summed E-state index contributed by atoms with van der Waals surface area (Å²) >= 11 is 0. The van der Waals surface area contributed by atoms with Crippen molar-refractivity contribution in [2.45, 2.75) is 50.3 Å². The van der Waals surface area contributed by atoms with Gasteiger partial charge in [0.05, 0.1) is 18.6 Å². The fraction of sp³-hybridized carbons (Fsp3) is 0.588. The molecule has 2 unspecified atom stereocenters. The summed E-state index contributed by atoms with van der Waals surface area (Å²) in [4.78, 5) is 14.9. The summed E-state index contributed by atoms with van der Waals surface area (Å²) in [5, 5.41) is 0. The van der Waals surface area contributed by atoms with Gasteiger partial charge in [0, 0.05) is 19.7 Å². The number of carbonyl (C=O) groups excluding carboxylic acids is 1. The molecule has 2 N–H and O–H groups in total. The summed E-state index contributed by atoms with van der Waals surface area (Å²) in [6, 6.07) is 9.18. The number of carbonyl (C=O) groups is 1. The molecular weight excluding hydrogens is 300 g/mol. The summed E-state index contributed by atoms with van der Waals surface area (Å²) in [5.74, 6) is 0.191. The van der Waals surface area contributed by atoms with E-state index < -0.39 is 0 Å². The van der Waals surface area contributed by atoms with E-state index in [-0.39, 0.29) is 30.5 Å². The van der Waals surface area contributed by atoms with E-state index in [0.29, 0.717) is 19.0 Å². The molecule has 1 amide bonds. The number of nitrogens with two attached hydrogens (primary N) is 1. The second-order valence-corrected chi connectivity index (χ2v) is 6.08. The number of benzene rings is 1. The number of rotatable bonds is 6. The fourth-order valence-electron chi connectivity index (χ4n) is 3.37. The zero-order chi connectivity index (χ0) is 14.8. The standard InChI is InChI=1S/C17H24N2O2.ClH/c1-21-14(11-18)10-17(20)19(13-7-8-13)16-9-6-12-4-2-3-5-15(12)16;/h2-5,13-14,16H,6-11,18H2,1H3;1H. The predicted octanol–water partition coefficient (Wildman–Crippen LogP) is 2.45. The van der Waals surface area contributed by atoms with Gasteiger partial charge in [0.2, 0.25) is 5.91 Å². The molecule has 0 radical (unpaired) electrons. The third kappa shape index (κ3) is 3.45. The van der Waals surface area contributed by atoms with Crippen LogP contribution in [0.1, 0.15) is 42.9 Å². The highest BCUT2D eigenvalue weighted by atomic mass is 35.5. The molecule has 0 heterocycles. The average Bonchev–Trinajstić information content (AvgIpc) is 3.25. The minimum absolute atomic E-state index is 0. The third-order valence-electron chi connectivity index (χ3n) is 4.66. The van der Waals surface area contributed by atoms with Crippen LogP contribution >= 0.6 is 12.4 Å². The van der Waals surface area contributed by atoms with Crippen molar-refractivity contribution in [2.75, 3.05) is 13.7 Å². The van der Waals surface area contributed by atoms with Crippen molar-refractivity contribution in [1.29, 1.82) is 0 Å². The van der Waals surface area contributed by atoms with Crippen molar-refractivity contribution >= 4 is 18.3 Å². The Labute approximate surface area is 138 Å². The van der Waals surface area contributed by atoms with Gasteiger partial charge in [0.15, 0.2) is 0 Å². The molecule has 0 aromatic heterocycles. The largest absolute Gasteiger partial charge is 0.380 e. The summed E-state index contributed by atoms with van der Waals surface area (Å²) in [6.07, 6.45) is 4.59. The lowest BCUT2D eigenvalue weighted by Crippen LogP contribution is -2.39. The van der Waals surface area contributed by atoms with Crippen molar-refractivity contribution in [3.8, 4) is 0 Å². The molecule has 4 nitrogen and oxygen atoms in total. The minimum Gasteiger partial charge on any atom is -0.380 e. The molecule has 122 valence electrons. The predicted molar refractivity (Wildman–Crippen MR) is 89.1 cm³/mol. The van der Waals surface area contributed by atoms with Gasteiger partial charge in [-0.05, 0) is 36.8 Å². The summed E-state index contributed by atoms with van der Waals surface area (Å²) < 4.78 is 5.28. The Morgan fingerprint density at radius 3 is 2.73 bits per heavy atom. The zero-order valence-electron chi connectivity index (χ0n) is 13.0. The quantitative estimate of drug-likeness (QED) is 0.874. The van der Waals surface area contributed by atoms with Crippen LogP contribution < -0.4 is 5.73 Å². The van der Waals surface area contributed by atoms with Gasteiger partial charge in [-0.2, -0.15) is 0 Å². The molecule has 1 aromatic carbocycles. The smallest absolute Gasteiger partial charge is 0.225 e. The number of ether oxygens (including phenoxy) is 1. The van der Waals surface area contributed by atoms with E-state index in [1.54, 1.807) is 7.11 Å². The van der Waals surface area contributed by atoms with Crippen LogP contribution in [0.2, 0.25) is 0 Å². The van der Waals surface area contributed by atoms with E-state index in [1.165, 1.54) is 11.1 Å². The lowest BCUT2D eigenvalue weighted by atomic mass is 10.1. The van der Waals surface area contributed by atoms with E-state index in [2.05, 4.69) is 29.2 Å². The van der Waals surface area contributed by atoms with Crippen LogP contribution in [0.3, 0.4) is 0 Å². The molecule has 22 heavy (non-hydrogen) atoms. The number of halogens is 1. The number of hydrogen-bond donors (Lipinski definition) is 1. The Morgan fingerprint density at radius 2 is 2.09 bits per heavy atom. The van der Waals surface area contributed by atoms with Gasteiger partial charge in [0.1, 0.15) is 0 Å². The highest BCUT2D eigenvalue weighted by Crippen LogP contribution is 2.42. The topological polar surface area (TPSA) is 55.6 Å². The highest BCUT2D eigenvalue weighted by Gasteiger charge is 2.40. The van der Waals surface area contributed by atoms with Crippen LogP contribution in [0.4, 0.5) is 0 Å². The molecular formula is C17H25ClN2O2. The monoisotopic (exact) mass is 324 g/mol. The SMILES string of the molecule is COC(CN)CC(=O)N(C1CC1)C1CCc2ccccc21.Cl. The number of aryl methyl sites for hydroxylation is 1. The molecule has 0 aliphatic heterocycles.